The van der Waals surface area contributed by atoms with Gasteiger partial charge < -0.3 is 4.74 Å². The van der Waals surface area contributed by atoms with Crippen molar-refractivity contribution in [2.45, 2.75) is 19.8 Å². The van der Waals surface area contributed by atoms with E-state index in [1.54, 1.807) is 19.1 Å². The number of esters is 1. The average Bonchev–Trinajstić information content (AvgIpc) is 2.84. The van der Waals surface area contributed by atoms with Gasteiger partial charge in [-0.2, -0.15) is 0 Å². The number of hydrogen-bond acceptors (Lipinski definition) is 3. The first-order chi connectivity index (χ1) is 9.69. The predicted octanol–water partition coefficient (Wildman–Crippen LogP) is 2.87. The molecule has 4 nitrogen and oxygen atoms in total. The molecule has 0 aliphatic rings. The summed E-state index contributed by atoms with van der Waals surface area (Å²) in [5.74, 6) is 1.73. The summed E-state index contributed by atoms with van der Waals surface area (Å²) in [6.07, 6.45) is 5.72. The molecule has 0 bridgehead atoms. The fourth-order valence-corrected chi connectivity index (χ4v) is 2.07. The normalized spacial score (nSPS) is 10.2. The lowest BCUT2D eigenvalue weighted by Crippen LogP contribution is -2.18. The van der Waals surface area contributed by atoms with Gasteiger partial charge >= 0.3 is 5.97 Å². The zero-order chi connectivity index (χ0) is 14.5. The van der Waals surface area contributed by atoms with Gasteiger partial charge in [-0.1, -0.05) is 18.2 Å². The second-order valence-electron chi connectivity index (χ2n) is 4.24. The maximum absolute atomic E-state index is 12.3. The van der Waals surface area contributed by atoms with Crippen LogP contribution in [-0.2, 0) is 4.74 Å². The van der Waals surface area contributed by atoms with Crippen molar-refractivity contribution in [2.24, 2.45) is 0 Å². The standard InChI is InChI=1S/C16H15NO3/c1-3-5-10-15(18)17-13-9-7-6-8-12(13)11-14(17)16(19)20-4-2/h1,6-9,11H,4-5,10H2,2H3. The zero-order valence-electron chi connectivity index (χ0n) is 11.3. The first-order valence-corrected chi connectivity index (χ1v) is 6.43. The van der Waals surface area contributed by atoms with Crippen LogP contribution in [0.4, 0.5) is 0 Å². The molecule has 0 atom stereocenters. The van der Waals surface area contributed by atoms with Crippen LogP contribution in [-0.4, -0.2) is 23.1 Å². The zero-order valence-corrected chi connectivity index (χ0v) is 11.3. The predicted molar refractivity (Wildman–Crippen MR) is 76.6 cm³/mol. The Bertz CT molecular complexity index is 691. The molecule has 0 unspecified atom stereocenters. The van der Waals surface area contributed by atoms with Crippen molar-refractivity contribution >= 4 is 22.8 Å². The van der Waals surface area contributed by atoms with E-state index < -0.39 is 5.97 Å². The molecule has 0 saturated carbocycles. The van der Waals surface area contributed by atoms with E-state index in [1.807, 2.05) is 18.2 Å². The third kappa shape index (κ3) is 2.57. The van der Waals surface area contributed by atoms with Gasteiger partial charge in [0.2, 0.25) is 5.91 Å². The first-order valence-electron chi connectivity index (χ1n) is 6.43. The SMILES string of the molecule is C#CCCC(=O)n1c(C(=O)OCC)cc2ccccc21. The maximum atomic E-state index is 12.3. The Labute approximate surface area is 117 Å². The summed E-state index contributed by atoms with van der Waals surface area (Å²) in [6, 6.07) is 8.99. The molecule has 4 heteroatoms. The second kappa shape index (κ2) is 6.07. The highest BCUT2D eigenvalue weighted by Gasteiger charge is 2.20. The van der Waals surface area contributed by atoms with E-state index in [2.05, 4.69) is 5.92 Å². The number of carbonyl (C=O) groups is 2. The Morgan fingerprint density at radius 1 is 1.35 bits per heavy atom. The van der Waals surface area contributed by atoms with Crippen LogP contribution in [0, 0.1) is 12.3 Å². The molecule has 2 rings (SSSR count). The van der Waals surface area contributed by atoms with Crippen molar-refractivity contribution in [1.82, 2.24) is 4.57 Å². The topological polar surface area (TPSA) is 48.3 Å². The molecular weight excluding hydrogens is 254 g/mol. The molecule has 0 aliphatic heterocycles. The number of carbonyl (C=O) groups excluding carboxylic acids is 2. The van der Waals surface area contributed by atoms with Crippen LogP contribution >= 0.6 is 0 Å². The number of hydrogen-bond donors (Lipinski definition) is 0. The van der Waals surface area contributed by atoms with E-state index in [0.29, 0.717) is 11.9 Å². The third-order valence-corrected chi connectivity index (χ3v) is 2.93. The number of rotatable bonds is 4. The maximum Gasteiger partial charge on any atom is 0.355 e. The highest BCUT2D eigenvalue weighted by atomic mass is 16.5. The van der Waals surface area contributed by atoms with Gasteiger partial charge in [-0.3, -0.25) is 9.36 Å². The minimum absolute atomic E-state index is 0.196. The summed E-state index contributed by atoms with van der Waals surface area (Å²) < 4.78 is 6.39. The van der Waals surface area contributed by atoms with Crippen molar-refractivity contribution in [3.63, 3.8) is 0 Å². The third-order valence-electron chi connectivity index (χ3n) is 2.93. The Morgan fingerprint density at radius 3 is 2.80 bits per heavy atom. The second-order valence-corrected chi connectivity index (χ2v) is 4.24. The van der Waals surface area contributed by atoms with Crippen molar-refractivity contribution < 1.29 is 14.3 Å². The van der Waals surface area contributed by atoms with Crippen molar-refractivity contribution in [2.75, 3.05) is 6.61 Å². The molecule has 0 saturated heterocycles. The molecule has 0 fully saturated rings. The van der Waals surface area contributed by atoms with E-state index in [1.165, 1.54) is 4.57 Å². The summed E-state index contributed by atoms with van der Waals surface area (Å²) in [4.78, 5) is 24.2. The monoisotopic (exact) mass is 269 g/mol. The summed E-state index contributed by atoms with van der Waals surface area (Å²) >= 11 is 0. The Kier molecular flexibility index (Phi) is 4.21. The smallest absolute Gasteiger partial charge is 0.355 e. The van der Waals surface area contributed by atoms with E-state index >= 15 is 0 Å². The van der Waals surface area contributed by atoms with Gasteiger partial charge in [0, 0.05) is 18.2 Å². The van der Waals surface area contributed by atoms with Crippen LogP contribution in [0.1, 0.15) is 35.0 Å². The van der Waals surface area contributed by atoms with Crippen LogP contribution < -0.4 is 0 Å². The van der Waals surface area contributed by atoms with Gasteiger partial charge in [-0.05, 0) is 19.1 Å². The molecule has 102 valence electrons. The lowest BCUT2D eigenvalue weighted by atomic mass is 10.2. The van der Waals surface area contributed by atoms with Crippen LogP contribution in [0.3, 0.4) is 0 Å². The lowest BCUT2D eigenvalue weighted by molar-refractivity contribution is 0.0509. The van der Waals surface area contributed by atoms with Gasteiger partial charge in [0.15, 0.2) is 0 Å². The molecule has 1 aromatic carbocycles. The van der Waals surface area contributed by atoms with E-state index in [0.717, 1.165) is 5.39 Å². The fraction of sp³-hybridized carbons (Fsp3) is 0.250. The van der Waals surface area contributed by atoms with Crippen LogP contribution in [0.5, 0.6) is 0 Å². The van der Waals surface area contributed by atoms with Gasteiger partial charge in [0.1, 0.15) is 5.69 Å². The molecule has 2 aromatic rings. The molecule has 0 radical (unpaired) electrons. The van der Waals surface area contributed by atoms with E-state index in [9.17, 15) is 9.59 Å². The van der Waals surface area contributed by atoms with Crippen LogP contribution in [0.2, 0.25) is 0 Å². The highest BCUT2D eigenvalue weighted by molar-refractivity contribution is 6.03. The molecule has 0 N–H and O–H groups in total. The Hall–Kier alpha value is -2.54. The molecule has 0 spiro atoms. The molecule has 1 heterocycles. The van der Waals surface area contributed by atoms with Crippen molar-refractivity contribution in [3.8, 4) is 12.3 Å². The quantitative estimate of drug-likeness (QED) is 0.633. The fourth-order valence-electron chi connectivity index (χ4n) is 2.07. The Morgan fingerprint density at radius 2 is 2.10 bits per heavy atom. The van der Waals surface area contributed by atoms with E-state index in [4.69, 9.17) is 11.2 Å². The van der Waals surface area contributed by atoms with Crippen molar-refractivity contribution in [3.05, 3.63) is 36.0 Å². The summed E-state index contributed by atoms with van der Waals surface area (Å²) in [6.45, 7) is 1.99. The summed E-state index contributed by atoms with van der Waals surface area (Å²) in [5, 5.41) is 0.824. The van der Waals surface area contributed by atoms with Crippen molar-refractivity contribution in [1.29, 1.82) is 0 Å². The Balaban J connectivity index is 2.53. The lowest BCUT2D eigenvalue weighted by Gasteiger charge is -2.07. The average molecular weight is 269 g/mol. The van der Waals surface area contributed by atoms with E-state index in [-0.39, 0.29) is 24.6 Å². The number of fused-ring (bicyclic) bond motifs is 1. The first kappa shape index (κ1) is 13.9. The minimum Gasteiger partial charge on any atom is -0.461 e. The molecule has 1 aromatic heterocycles. The number of nitrogens with zero attached hydrogens (tertiary/aromatic N) is 1. The number of benzene rings is 1. The largest absolute Gasteiger partial charge is 0.461 e. The highest BCUT2D eigenvalue weighted by Crippen LogP contribution is 2.21. The number of ether oxygens (including phenoxy) is 1. The number of para-hydroxylation sites is 1. The number of aromatic nitrogens is 1. The minimum atomic E-state index is -0.502. The van der Waals surface area contributed by atoms with Crippen LogP contribution in [0.15, 0.2) is 30.3 Å². The van der Waals surface area contributed by atoms with Gasteiger partial charge in [0.05, 0.1) is 12.1 Å². The summed E-state index contributed by atoms with van der Waals surface area (Å²) in [7, 11) is 0. The number of terminal acetylenes is 1. The van der Waals surface area contributed by atoms with Crippen LogP contribution in [0.25, 0.3) is 10.9 Å². The van der Waals surface area contributed by atoms with Gasteiger partial charge in [-0.25, -0.2) is 4.79 Å². The van der Waals surface area contributed by atoms with Gasteiger partial charge in [0.25, 0.3) is 0 Å². The molecule has 0 aliphatic carbocycles. The molecule has 0 amide bonds. The molecular formula is C16H15NO3. The van der Waals surface area contributed by atoms with Gasteiger partial charge in [-0.15, -0.1) is 12.3 Å². The molecule has 20 heavy (non-hydrogen) atoms. The summed E-state index contributed by atoms with van der Waals surface area (Å²) in [5.41, 5.74) is 0.938.